The molecular weight excluding hydrogens is 249 g/mol. The smallest absolute Gasteiger partial charge is 0.307 e. The average Bonchev–Trinajstić information content (AvgIpc) is 2.86. The van der Waals surface area contributed by atoms with Crippen LogP contribution in [0.25, 0.3) is 0 Å². The molecule has 0 unspecified atom stereocenters. The van der Waals surface area contributed by atoms with E-state index in [0.717, 1.165) is 6.42 Å². The predicted molar refractivity (Wildman–Crippen MR) is 68.3 cm³/mol. The van der Waals surface area contributed by atoms with Crippen molar-refractivity contribution in [2.75, 3.05) is 11.9 Å². The van der Waals surface area contributed by atoms with E-state index in [1.807, 2.05) is 0 Å². The second-order valence-corrected chi connectivity index (χ2v) is 4.86. The quantitative estimate of drug-likeness (QED) is 0.912. The van der Waals surface area contributed by atoms with Crippen molar-refractivity contribution in [1.29, 1.82) is 0 Å². The number of rotatable bonds is 3. The zero-order valence-corrected chi connectivity index (χ0v) is 10.7. The summed E-state index contributed by atoms with van der Waals surface area (Å²) < 4.78 is 13.1. The Labute approximate surface area is 110 Å². The highest BCUT2D eigenvalue weighted by Crippen LogP contribution is 2.34. The molecule has 2 atom stereocenters. The van der Waals surface area contributed by atoms with Gasteiger partial charge < -0.3 is 10.0 Å². The summed E-state index contributed by atoms with van der Waals surface area (Å²) in [5.41, 5.74) is 0.445. The van der Waals surface area contributed by atoms with Crippen LogP contribution in [-0.2, 0) is 9.59 Å². The van der Waals surface area contributed by atoms with Crippen LogP contribution in [-0.4, -0.2) is 24.0 Å². The van der Waals surface area contributed by atoms with Crippen molar-refractivity contribution in [1.82, 2.24) is 0 Å². The summed E-state index contributed by atoms with van der Waals surface area (Å²) in [7, 11) is 1.55. The second kappa shape index (κ2) is 5.38. The van der Waals surface area contributed by atoms with E-state index in [4.69, 9.17) is 5.11 Å². The summed E-state index contributed by atoms with van der Waals surface area (Å²) in [6, 6.07) is 5.73. The Morgan fingerprint density at radius 1 is 1.32 bits per heavy atom. The molecule has 1 aliphatic rings. The SMILES string of the molecule is CN(C(=O)[C@@H]1CCC[C@@H]1C(=O)O)c1cccc(F)c1. The van der Waals surface area contributed by atoms with Crippen LogP contribution in [0.3, 0.4) is 0 Å². The number of hydrogen-bond acceptors (Lipinski definition) is 2. The van der Waals surface area contributed by atoms with Crippen LogP contribution >= 0.6 is 0 Å². The van der Waals surface area contributed by atoms with Gasteiger partial charge in [-0.1, -0.05) is 12.5 Å². The number of aliphatic carboxylic acids is 1. The Kier molecular flexibility index (Phi) is 3.83. The van der Waals surface area contributed by atoms with Crippen LogP contribution in [0.5, 0.6) is 0 Å². The summed E-state index contributed by atoms with van der Waals surface area (Å²) >= 11 is 0. The van der Waals surface area contributed by atoms with E-state index in [1.54, 1.807) is 13.1 Å². The van der Waals surface area contributed by atoms with Crippen LogP contribution in [0, 0.1) is 17.7 Å². The van der Waals surface area contributed by atoms with Crippen molar-refractivity contribution in [2.45, 2.75) is 19.3 Å². The number of carboxylic acid groups (broad SMARTS) is 1. The van der Waals surface area contributed by atoms with Crippen molar-refractivity contribution in [3.8, 4) is 0 Å². The van der Waals surface area contributed by atoms with Crippen LogP contribution in [0.15, 0.2) is 24.3 Å². The van der Waals surface area contributed by atoms with Crippen molar-refractivity contribution >= 4 is 17.6 Å². The van der Waals surface area contributed by atoms with E-state index < -0.39 is 23.6 Å². The Bertz CT molecular complexity index is 503. The number of nitrogens with zero attached hydrogens (tertiary/aromatic N) is 1. The molecular formula is C14H16FNO3. The highest BCUT2D eigenvalue weighted by molar-refractivity contribution is 5.97. The summed E-state index contributed by atoms with van der Waals surface area (Å²) in [5.74, 6) is -2.73. The normalized spacial score (nSPS) is 22.2. The van der Waals surface area contributed by atoms with Gasteiger partial charge >= 0.3 is 5.97 Å². The fourth-order valence-corrected chi connectivity index (χ4v) is 2.61. The van der Waals surface area contributed by atoms with Gasteiger partial charge in [-0.25, -0.2) is 4.39 Å². The first-order valence-corrected chi connectivity index (χ1v) is 6.26. The predicted octanol–water partition coefficient (Wildman–Crippen LogP) is 2.29. The number of hydrogen-bond donors (Lipinski definition) is 1. The van der Waals surface area contributed by atoms with Gasteiger partial charge in [0.05, 0.1) is 11.8 Å². The van der Waals surface area contributed by atoms with Crippen molar-refractivity contribution in [2.24, 2.45) is 11.8 Å². The van der Waals surface area contributed by atoms with E-state index in [-0.39, 0.29) is 5.91 Å². The molecule has 0 saturated heterocycles. The molecule has 19 heavy (non-hydrogen) atoms. The third-order valence-electron chi connectivity index (χ3n) is 3.68. The third-order valence-corrected chi connectivity index (χ3v) is 3.68. The largest absolute Gasteiger partial charge is 0.481 e. The Morgan fingerprint density at radius 2 is 2.00 bits per heavy atom. The molecule has 0 heterocycles. The first-order valence-electron chi connectivity index (χ1n) is 6.26. The van der Waals surface area contributed by atoms with E-state index >= 15 is 0 Å². The molecule has 0 spiro atoms. The lowest BCUT2D eigenvalue weighted by Gasteiger charge is -2.23. The summed E-state index contributed by atoms with van der Waals surface area (Å²) in [6.07, 6.45) is 1.85. The standard InChI is InChI=1S/C14H16FNO3/c1-16(10-5-2-4-9(15)8-10)13(17)11-6-3-7-12(11)14(18)19/h2,4-5,8,11-12H,3,6-7H2,1H3,(H,18,19)/t11-,12+/m1/s1. The Morgan fingerprint density at radius 3 is 2.63 bits per heavy atom. The van der Waals surface area contributed by atoms with Gasteiger partial charge in [-0.15, -0.1) is 0 Å². The maximum Gasteiger partial charge on any atom is 0.307 e. The summed E-state index contributed by atoms with van der Waals surface area (Å²) in [4.78, 5) is 24.8. The lowest BCUT2D eigenvalue weighted by molar-refractivity contribution is -0.145. The van der Waals surface area contributed by atoms with Crippen molar-refractivity contribution < 1.29 is 19.1 Å². The van der Waals surface area contributed by atoms with Gasteiger partial charge in [-0.3, -0.25) is 9.59 Å². The molecule has 0 radical (unpaired) electrons. The monoisotopic (exact) mass is 265 g/mol. The number of halogens is 1. The Hall–Kier alpha value is -1.91. The molecule has 4 nitrogen and oxygen atoms in total. The minimum Gasteiger partial charge on any atom is -0.481 e. The number of amides is 1. The average molecular weight is 265 g/mol. The van der Waals surface area contributed by atoms with Crippen molar-refractivity contribution in [3.63, 3.8) is 0 Å². The highest BCUT2D eigenvalue weighted by atomic mass is 19.1. The molecule has 1 fully saturated rings. The highest BCUT2D eigenvalue weighted by Gasteiger charge is 2.39. The van der Waals surface area contributed by atoms with Crippen LogP contribution in [0.4, 0.5) is 10.1 Å². The maximum atomic E-state index is 13.1. The van der Waals surface area contributed by atoms with Gasteiger partial charge in [0.1, 0.15) is 5.82 Å². The first kappa shape index (κ1) is 13.5. The zero-order chi connectivity index (χ0) is 14.0. The second-order valence-electron chi connectivity index (χ2n) is 4.86. The molecule has 1 aliphatic carbocycles. The topological polar surface area (TPSA) is 57.6 Å². The zero-order valence-electron chi connectivity index (χ0n) is 10.7. The molecule has 2 rings (SSSR count). The molecule has 1 aromatic carbocycles. The van der Waals surface area contributed by atoms with Gasteiger partial charge in [-0.05, 0) is 31.0 Å². The number of anilines is 1. The summed E-state index contributed by atoms with van der Waals surface area (Å²) in [5, 5.41) is 9.10. The number of benzene rings is 1. The van der Waals surface area contributed by atoms with Crippen LogP contribution in [0.2, 0.25) is 0 Å². The van der Waals surface area contributed by atoms with Gasteiger partial charge in [0.15, 0.2) is 0 Å². The third kappa shape index (κ3) is 2.75. The molecule has 0 aromatic heterocycles. The molecule has 1 aromatic rings. The number of carbonyl (C=O) groups is 2. The maximum absolute atomic E-state index is 13.1. The lowest BCUT2D eigenvalue weighted by Crippen LogP contribution is -2.36. The molecule has 1 amide bonds. The van der Waals surface area contributed by atoms with Crippen LogP contribution in [0.1, 0.15) is 19.3 Å². The minimum absolute atomic E-state index is 0.254. The molecule has 5 heteroatoms. The van der Waals surface area contributed by atoms with Gasteiger partial charge in [0.2, 0.25) is 5.91 Å². The fourth-order valence-electron chi connectivity index (χ4n) is 2.61. The first-order chi connectivity index (χ1) is 9.00. The molecule has 1 N–H and O–H groups in total. The van der Waals surface area contributed by atoms with E-state index in [2.05, 4.69) is 0 Å². The van der Waals surface area contributed by atoms with Gasteiger partial charge in [0.25, 0.3) is 0 Å². The fraction of sp³-hybridized carbons (Fsp3) is 0.429. The Balaban J connectivity index is 2.17. The van der Waals surface area contributed by atoms with E-state index in [9.17, 15) is 14.0 Å². The lowest BCUT2D eigenvalue weighted by atomic mass is 9.94. The molecule has 1 saturated carbocycles. The number of carboxylic acids is 1. The summed E-state index contributed by atoms with van der Waals surface area (Å²) in [6.45, 7) is 0. The van der Waals surface area contributed by atoms with Gasteiger partial charge in [0, 0.05) is 12.7 Å². The molecule has 0 aliphatic heterocycles. The van der Waals surface area contributed by atoms with E-state index in [0.29, 0.717) is 18.5 Å². The minimum atomic E-state index is -0.927. The van der Waals surface area contributed by atoms with Crippen molar-refractivity contribution in [3.05, 3.63) is 30.1 Å². The molecule has 0 bridgehead atoms. The van der Waals surface area contributed by atoms with E-state index in [1.165, 1.54) is 23.1 Å². The number of carbonyl (C=O) groups excluding carboxylic acids is 1. The molecule has 102 valence electrons. The van der Waals surface area contributed by atoms with Crippen LogP contribution < -0.4 is 4.90 Å². The van der Waals surface area contributed by atoms with Gasteiger partial charge in [-0.2, -0.15) is 0 Å².